The first-order valence-corrected chi connectivity index (χ1v) is 46.0. The predicted molar refractivity (Wildman–Crippen MR) is 521 cm³/mol. The minimum Gasteiger partial charge on any atom is -0.545 e. The maximum absolute atomic E-state index is 12.2. The summed E-state index contributed by atoms with van der Waals surface area (Å²) in [5.41, 5.74) is 11.1. The Hall–Kier alpha value is -12.0. The summed E-state index contributed by atoms with van der Waals surface area (Å²) in [6.07, 6.45) is 6.68. The molecule has 9 aromatic carbocycles. The van der Waals surface area contributed by atoms with Gasteiger partial charge in [-0.2, -0.15) is 65.7 Å². The van der Waals surface area contributed by atoms with Gasteiger partial charge in [0, 0.05) is 254 Å². The van der Waals surface area contributed by atoms with Crippen LogP contribution in [-0.4, -0.2) is 212 Å². The van der Waals surface area contributed by atoms with E-state index in [4.69, 9.17) is 101 Å². The summed E-state index contributed by atoms with van der Waals surface area (Å²) in [6, 6.07) is 44.0. The normalized spacial score (nSPS) is 11.8. The third kappa shape index (κ3) is 52.2. The number of nitro groups is 7. The average Bonchev–Trinajstić information content (AvgIpc) is 0.810. The van der Waals surface area contributed by atoms with Crippen LogP contribution in [0.1, 0.15) is 87.5 Å². The topological polar surface area (TPSA) is 639 Å². The molecule has 0 spiro atoms. The van der Waals surface area contributed by atoms with E-state index >= 15 is 0 Å². The number of aromatic hydroxyl groups is 2. The molecular formula is C94H103Br2FN12O37Y4-4. The zero-order valence-corrected chi connectivity index (χ0v) is 96.8. The molecule has 150 heavy (non-hydrogen) atoms. The Morgan fingerprint density at radius 2 is 0.760 bits per heavy atom. The molecule has 9 aromatic rings. The van der Waals surface area contributed by atoms with Crippen molar-refractivity contribution in [1.29, 1.82) is 0 Å². The number of carbonyl (C=O) groups excluding carboxylic acids is 6. The molecule has 0 saturated carbocycles. The number of azide groups is 1. The van der Waals surface area contributed by atoms with Crippen molar-refractivity contribution in [1.82, 2.24) is 0 Å². The Bertz CT molecular complexity index is 5880. The Morgan fingerprint density at radius 3 is 1.13 bits per heavy atom. The molecule has 49 nitrogen and oxygen atoms in total. The largest absolute Gasteiger partial charge is 0.545 e. The Labute approximate surface area is 975 Å². The molecule has 0 aliphatic carbocycles. The Balaban J connectivity index is 0.00000182. The summed E-state index contributed by atoms with van der Waals surface area (Å²) in [5.74, 6) is 0.826. The summed E-state index contributed by atoms with van der Waals surface area (Å²) in [7, 11) is 2.71. The quantitative estimate of drug-likeness (QED) is 0.00412. The number of nitrogens with zero attached hydrogens (tertiary/aromatic N) is 12. The zero-order chi connectivity index (χ0) is 108. The molecule has 0 bridgehead atoms. The number of ether oxygens (including phenoxy) is 15. The number of esters is 2. The minimum absolute atomic E-state index is 0. The zero-order valence-electron chi connectivity index (χ0n) is 82.3. The molecule has 2 saturated heterocycles. The number of rotatable bonds is 46. The number of hydrogen-bond donors (Lipinski definition) is 2. The number of phenolic OH excluding ortho intramolecular Hbond substituents is 2. The van der Waals surface area contributed by atoms with Gasteiger partial charge in [-0.1, -0.05) is 82.9 Å². The fourth-order valence-corrected chi connectivity index (χ4v) is 12.6. The van der Waals surface area contributed by atoms with Crippen LogP contribution in [0.2, 0.25) is 0 Å². The van der Waals surface area contributed by atoms with E-state index in [2.05, 4.69) is 66.2 Å². The molecule has 2 aliphatic rings. The Morgan fingerprint density at radius 1 is 0.427 bits per heavy atom. The van der Waals surface area contributed by atoms with E-state index in [0.717, 1.165) is 79.2 Å². The molecule has 4 radical (unpaired) electrons. The second-order valence-corrected chi connectivity index (χ2v) is 30.9. The van der Waals surface area contributed by atoms with Gasteiger partial charge in [-0.15, -0.1) is 30.3 Å². The summed E-state index contributed by atoms with van der Waals surface area (Å²) < 4.78 is 94.4. The van der Waals surface area contributed by atoms with Crippen molar-refractivity contribution in [3.63, 3.8) is 0 Å². The first kappa shape index (κ1) is 138. The van der Waals surface area contributed by atoms with Crippen LogP contribution in [-0.2, 0) is 179 Å². The molecule has 56 heteroatoms. The van der Waals surface area contributed by atoms with Crippen molar-refractivity contribution >= 4 is 107 Å². The van der Waals surface area contributed by atoms with Gasteiger partial charge in [0.2, 0.25) is 28.6 Å². The number of alkyl halides is 2. The van der Waals surface area contributed by atoms with Crippen LogP contribution in [0.5, 0.6) is 74.7 Å². The summed E-state index contributed by atoms with van der Waals surface area (Å²) in [6.45, 7) is 15.2. The van der Waals surface area contributed by atoms with E-state index in [1.165, 1.54) is 105 Å². The SMILES string of the molecule is CCN(CC(=O)OC)c1ccc(OCCCN=[N+]=[N-])cc1OCCOc1c[c-]c(C)cc1N(CC)CC(=O)OC.Cc1[c-]cc(OCCBr)c([N+](=O)[O-])c1.Cc1[c-]cc(OCCOc2cc(OC3CCCCO3)ccc2[N+](=O)[O-])c([N+](=O)[O-])c1.Cc1[c-]cc(OCCOc2cc(OCCCBr)ccc2[N+](=O)[O-])c([N+](=O)[O-])c1.O=C=O.O=C=O.O=[N+]([O-])c1ccc(F)cc1O.O=[N+]([O-])c1ccc(OC2CCCCO2)cc1O.[Y].[Y].[Y].[Y]. The first-order valence-electron chi connectivity index (χ1n) is 43.8. The first-order chi connectivity index (χ1) is 70.0. The van der Waals surface area contributed by atoms with Gasteiger partial charge in [-0.3, -0.25) is 80.4 Å². The summed E-state index contributed by atoms with van der Waals surface area (Å²) in [4.78, 5) is 135. The number of halogens is 3. The van der Waals surface area contributed by atoms with E-state index in [9.17, 15) is 89.9 Å². The van der Waals surface area contributed by atoms with Crippen LogP contribution < -0.4 is 61.9 Å². The number of phenols is 2. The van der Waals surface area contributed by atoms with E-state index < -0.39 is 63.8 Å². The maximum atomic E-state index is 12.2. The molecule has 2 unspecified atom stereocenters. The van der Waals surface area contributed by atoms with Crippen molar-refractivity contribution in [2.45, 2.75) is 105 Å². The average molecular weight is 2530 g/mol. The monoisotopic (exact) mass is 2520 g/mol. The molecule has 0 amide bonds. The number of benzene rings is 9. The molecular weight excluding hydrogens is 2420 g/mol. The van der Waals surface area contributed by atoms with Gasteiger partial charge in [0.25, 0.3) is 0 Å². The second-order valence-electron chi connectivity index (χ2n) is 29.3. The van der Waals surface area contributed by atoms with Gasteiger partial charge in [0.15, 0.2) is 24.1 Å². The fourth-order valence-electron chi connectivity index (χ4n) is 12.2. The fraction of sp³-hybridized carbons (Fsp3) is 0.383. The standard InChI is InChI=1S/C28H38N5O7.C20H21N2O8.C18H18BrN2O7.C11H13NO5.C9H9BrNO3.C6H4FNO3.2CO2.4Y/c1-6-32(19-27(34)36-4)23-11-10-22(38-14-8-13-30-31-29)18-26(23)40-16-15-39-25-12-9-21(3)17-24(25)33(7-2)20-28(35)37-5;1-14-5-8-18(17(12-14)22(25)26)27-10-11-28-19-13-15(6-7-16(19)21(23)24)30-20-4-2-3-9-29-20;1-13-3-6-17(16(11-13)21(24)25)27-9-10-28-18-12-14(26-8-2-7-19)4-5-15(18)20(22)23;13-10-7-8(4-5-9(10)12(14)15)17-11-3-1-2-6-16-11;1-7-2-3-9(14-5-4-10)8(6-7)11(12)13;7-4-1-2-5(8(10)11)6(9)3-4;2*2-1-3;;;;/h10-12,17-18H,6-8,13-16,19-20H2,1-5H3;6-8,12-13,20H,2-4,9-11H2,1H3;4-6,11-12H,2,7-10H2,1H3;4-5,7,11,13H,1-3,6H2;3,6H,4-5H2,1H3;1-3,9H;;;;;;/q3*-1;;-1;;;;;;;. The van der Waals surface area contributed by atoms with E-state index in [1.54, 1.807) is 39.0 Å². The molecule has 11 rings (SSSR count). The molecule has 2 N–H and O–H groups in total. The van der Waals surface area contributed by atoms with Crippen molar-refractivity contribution in [2.75, 3.05) is 140 Å². The van der Waals surface area contributed by atoms with Gasteiger partial charge >= 0.3 is 47.0 Å². The van der Waals surface area contributed by atoms with E-state index in [0.29, 0.717) is 122 Å². The smallest absolute Gasteiger partial charge is 0.373 e. The van der Waals surface area contributed by atoms with Gasteiger partial charge in [-0.05, 0) is 100.0 Å². The summed E-state index contributed by atoms with van der Waals surface area (Å²) in [5, 5.41) is 99.0. The summed E-state index contributed by atoms with van der Waals surface area (Å²) >= 11 is 6.47. The van der Waals surface area contributed by atoms with Crippen LogP contribution in [0.3, 0.4) is 0 Å². The molecule has 0 aromatic heterocycles. The van der Waals surface area contributed by atoms with Gasteiger partial charge in [-0.25, -0.2) is 4.39 Å². The number of likely N-dealkylation sites (N-methyl/N-ethyl adjacent to an activating group) is 2. The molecule has 2 heterocycles. The van der Waals surface area contributed by atoms with Crippen LogP contribution in [0, 0.1) is 129 Å². The number of aryl methyl sites for hydroxylation is 4. The third-order valence-corrected chi connectivity index (χ3v) is 19.8. The number of nitro benzene ring substituents is 7. The molecule has 2 fully saturated rings. The second kappa shape index (κ2) is 78.2. The molecule has 2 aliphatic heterocycles. The van der Waals surface area contributed by atoms with Crippen molar-refractivity contribution < 1.29 is 280 Å². The van der Waals surface area contributed by atoms with E-state index in [-0.39, 0.29) is 277 Å². The Kier molecular flexibility index (Phi) is 72.0. The molecule has 798 valence electrons. The number of hydrogen-bond acceptors (Lipinski definition) is 40. The van der Waals surface area contributed by atoms with Crippen LogP contribution >= 0.6 is 31.9 Å². The van der Waals surface area contributed by atoms with Gasteiger partial charge < -0.3 is 91.1 Å². The van der Waals surface area contributed by atoms with Crippen molar-refractivity contribution in [2.24, 2.45) is 5.11 Å². The van der Waals surface area contributed by atoms with E-state index in [1.807, 2.05) is 42.7 Å². The third-order valence-electron chi connectivity index (χ3n) is 19.0. The van der Waals surface area contributed by atoms with Crippen LogP contribution in [0.15, 0.2) is 145 Å². The van der Waals surface area contributed by atoms with Gasteiger partial charge in [0.1, 0.15) is 87.3 Å². The van der Waals surface area contributed by atoms with Crippen LogP contribution in [0.25, 0.3) is 10.4 Å². The van der Waals surface area contributed by atoms with Crippen molar-refractivity contribution in [3.8, 4) is 74.7 Å². The van der Waals surface area contributed by atoms with Crippen LogP contribution in [0.4, 0.5) is 55.6 Å². The number of anilines is 2. The number of methoxy groups -OCH3 is 2. The maximum Gasteiger partial charge on any atom is 0.373 e. The number of carbonyl (C=O) groups is 2. The molecule has 2 atom stereocenters. The van der Waals surface area contributed by atoms with Crippen molar-refractivity contribution in [3.05, 3.63) is 273 Å². The minimum atomic E-state index is -0.783. The van der Waals surface area contributed by atoms with Gasteiger partial charge in [0.05, 0.1) is 89.9 Å². The predicted octanol–water partition coefficient (Wildman–Crippen LogP) is 17.5.